The van der Waals surface area contributed by atoms with Crippen LogP contribution < -0.4 is 5.73 Å². The van der Waals surface area contributed by atoms with Gasteiger partial charge in [-0.05, 0) is 24.3 Å². The summed E-state index contributed by atoms with van der Waals surface area (Å²) in [5, 5.41) is 0. The maximum Gasteiger partial charge on any atom is 0.131 e. The van der Waals surface area contributed by atoms with Gasteiger partial charge in [-0.1, -0.05) is 22.0 Å². The second-order valence-corrected chi connectivity index (χ2v) is 4.73. The molecule has 2 aromatic rings. The lowest BCUT2D eigenvalue weighted by Crippen LogP contribution is -2.15. The van der Waals surface area contributed by atoms with Gasteiger partial charge in [0.1, 0.15) is 17.5 Å². The highest BCUT2D eigenvalue weighted by molar-refractivity contribution is 9.10. The van der Waals surface area contributed by atoms with Gasteiger partial charge in [-0.15, -0.1) is 0 Å². The minimum atomic E-state index is -0.983. The van der Waals surface area contributed by atoms with Gasteiger partial charge in [0.05, 0.1) is 6.04 Å². The second-order valence-electron chi connectivity index (χ2n) is 3.81. The molecule has 2 aromatic carbocycles. The van der Waals surface area contributed by atoms with Crippen LogP contribution in [0.3, 0.4) is 0 Å². The summed E-state index contributed by atoms with van der Waals surface area (Å²) < 4.78 is 40.6. The molecule has 0 aliphatic heterocycles. The van der Waals surface area contributed by atoms with Crippen LogP contribution in [0.2, 0.25) is 0 Å². The van der Waals surface area contributed by atoms with Gasteiger partial charge in [0, 0.05) is 21.7 Å². The van der Waals surface area contributed by atoms with E-state index in [-0.39, 0.29) is 11.1 Å². The standard InChI is InChI=1S/C13H9BrF3N/c14-7-1-4-11(16)10(5-7)13(18)9-3-2-8(15)6-12(9)17/h1-6,13H,18H2. The normalized spacial score (nSPS) is 12.5. The predicted molar refractivity (Wildman–Crippen MR) is 66.5 cm³/mol. The largest absolute Gasteiger partial charge is 0.320 e. The molecular formula is C13H9BrF3N. The third-order valence-corrected chi connectivity index (χ3v) is 3.08. The molecule has 0 amide bonds. The molecule has 0 radical (unpaired) electrons. The number of halogens is 4. The van der Waals surface area contributed by atoms with E-state index < -0.39 is 23.5 Å². The van der Waals surface area contributed by atoms with Crippen molar-refractivity contribution in [3.05, 3.63) is 69.4 Å². The molecule has 0 aromatic heterocycles. The van der Waals surface area contributed by atoms with E-state index in [9.17, 15) is 13.2 Å². The highest BCUT2D eigenvalue weighted by Gasteiger charge is 2.17. The van der Waals surface area contributed by atoms with Crippen LogP contribution in [0.15, 0.2) is 40.9 Å². The minimum absolute atomic E-state index is 0.0494. The van der Waals surface area contributed by atoms with Gasteiger partial charge in [-0.3, -0.25) is 0 Å². The highest BCUT2D eigenvalue weighted by atomic mass is 79.9. The van der Waals surface area contributed by atoms with Gasteiger partial charge in [0.25, 0.3) is 0 Å². The van der Waals surface area contributed by atoms with Gasteiger partial charge >= 0.3 is 0 Å². The molecule has 0 saturated carbocycles. The fraction of sp³-hybridized carbons (Fsp3) is 0.0769. The molecule has 0 aliphatic carbocycles. The number of hydrogen-bond donors (Lipinski definition) is 1. The quantitative estimate of drug-likeness (QED) is 0.893. The van der Waals surface area contributed by atoms with Crippen LogP contribution in [-0.4, -0.2) is 0 Å². The molecule has 2 rings (SSSR count). The van der Waals surface area contributed by atoms with Crippen molar-refractivity contribution in [3.63, 3.8) is 0 Å². The van der Waals surface area contributed by atoms with Crippen molar-refractivity contribution in [2.75, 3.05) is 0 Å². The molecule has 0 heterocycles. The molecule has 94 valence electrons. The summed E-state index contributed by atoms with van der Waals surface area (Å²) in [7, 11) is 0. The first-order valence-corrected chi connectivity index (χ1v) is 5.94. The first kappa shape index (κ1) is 13.1. The lowest BCUT2D eigenvalue weighted by atomic mass is 9.98. The zero-order valence-electron chi connectivity index (χ0n) is 9.13. The van der Waals surface area contributed by atoms with E-state index in [0.29, 0.717) is 4.47 Å². The van der Waals surface area contributed by atoms with Crippen LogP contribution in [0.4, 0.5) is 13.2 Å². The Morgan fingerprint density at radius 2 is 1.61 bits per heavy atom. The van der Waals surface area contributed by atoms with Crippen molar-refractivity contribution in [1.82, 2.24) is 0 Å². The summed E-state index contributed by atoms with van der Waals surface area (Å²) in [6.45, 7) is 0. The molecule has 1 atom stereocenters. The summed E-state index contributed by atoms with van der Waals surface area (Å²) in [6.07, 6.45) is 0. The summed E-state index contributed by atoms with van der Waals surface area (Å²) in [4.78, 5) is 0. The van der Waals surface area contributed by atoms with Gasteiger partial charge in [-0.2, -0.15) is 0 Å². The first-order valence-electron chi connectivity index (χ1n) is 5.14. The van der Waals surface area contributed by atoms with Crippen molar-refractivity contribution in [1.29, 1.82) is 0 Å². The second kappa shape index (κ2) is 5.12. The molecule has 2 N–H and O–H groups in total. The molecule has 0 aliphatic rings. The lowest BCUT2D eigenvalue weighted by Gasteiger charge is -2.14. The summed E-state index contributed by atoms with van der Waals surface area (Å²) in [5.41, 5.74) is 6.01. The molecule has 5 heteroatoms. The van der Waals surface area contributed by atoms with Crippen molar-refractivity contribution in [2.45, 2.75) is 6.04 Å². The van der Waals surface area contributed by atoms with Crippen LogP contribution >= 0.6 is 15.9 Å². The fourth-order valence-corrected chi connectivity index (χ4v) is 2.05. The van der Waals surface area contributed by atoms with Crippen molar-refractivity contribution in [3.8, 4) is 0 Å². The number of rotatable bonds is 2. The van der Waals surface area contributed by atoms with E-state index >= 15 is 0 Å². The molecule has 0 fully saturated rings. The summed E-state index contributed by atoms with van der Waals surface area (Å²) in [5.74, 6) is -2.02. The van der Waals surface area contributed by atoms with E-state index in [2.05, 4.69) is 15.9 Å². The van der Waals surface area contributed by atoms with Crippen LogP contribution in [-0.2, 0) is 0 Å². The molecule has 0 spiro atoms. The van der Waals surface area contributed by atoms with Crippen LogP contribution in [0, 0.1) is 17.5 Å². The predicted octanol–water partition coefficient (Wildman–Crippen LogP) is 3.91. The molecule has 1 nitrogen and oxygen atoms in total. The first-order chi connectivity index (χ1) is 8.49. The third kappa shape index (κ3) is 2.57. The average molecular weight is 316 g/mol. The summed E-state index contributed by atoms with van der Waals surface area (Å²) in [6, 6.07) is 6.29. The third-order valence-electron chi connectivity index (χ3n) is 2.59. The van der Waals surface area contributed by atoms with E-state index in [0.717, 1.165) is 12.1 Å². The van der Waals surface area contributed by atoms with Crippen LogP contribution in [0.5, 0.6) is 0 Å². The molecule has 0 saturated heterocycles. The maximum atomic E-state index is 13.6. The van der Waals surface area contributed by atoms with E-state index in [4.69, 9.17) is 5.73 Å². The maximum absolute atomic E-state index is 13.6. The summed E-state index contributed by atoms with van der Waals surface area (Å²) >= 11 is 3.19. The monoisotopic (exact) mass is 315 g/mol. The Balaban J connectivity index is 2.47. The van der Waals surface area contributed by atoms with Crippen LogP contribution in [0.25, 0.3) is 0 Å². The Morgan fingerprint density at radius 3 is 2.28 bits per heavy atom. The van der Waals surface area contributed by atoms with Gasteiger partial charge < -0.3 is 5.73 Å². The Labute approximate surface area is 111 Å². The lowest BCUT2D eigenvalue weighted by molar-refractivity contribution is 0.556. The number of hydrogen-bond acceptors (Lipinski definition) is 1. The molecular weight excluding hydrogens is 307 g/mol. The molecule has 1 unspecified atom stereocenters. The Morgan fingerprint density at radius 1 is 0.889 bits per heavy atom. The Kier molecular flexibility index (Phi) is 3.73. The molecule has 18 heavy (non-hydrogen) atoms. The minimum Gasteiger partial charge on any atom is -0.320 e. The van der Waals surface area contributed by atoms with Crippen molar-refractivity contribution < 1.29 is 13.2 Å². The van der Waals surface area contributed by atoms with Crippen LogP contribution in [0.1, 0.15) is 17.2 Å². The Hall–Kier alpha value is -1.33. The zero-order chi connectivity index (χ0) is 13.3. The number of nitrogens with two attached hydrogens (primary N) is 1. The SMILES string of the molecule is NC(c1ccc(F)cc1F)c1cc(Br)ccc1F. The highest BCUT2D eigenvalue weighted by Crippen LogP contribution is 2.27. The Bertz CT molecular complexity index is 586. The smallest absolute Gasteiger partial charge is 0.131 e. The zero-order valence-corrected chi connectivity index (χ0v) is 10.7. The molecule has 0 bridgehead atoms. The average Bonchev–Trinajstić information content (AvgIpc) is 2.31. The van der Waals surface area contributed by atoms with E-state index in [1.54, 1.807) is 0 Å². The fourth-order valence-electron chi connectivity index (χ4n) is 1.67. The topological polar surface area (TPSA) is 26.0 Å². The van der Waals surface area contributed by atoms with Gasteiger partial charge in [-0.25, -0.2) is 13.2 Å². The number of benzene rings is 2. The van der Waals surface area contributed by atoms with E-state index in [1.165, 1.54) is 24.3 Å². The van der Waals surface area contributed by atoms with Crippen molar-refractivity contribution in [2.24, 2.45) is 5.73 Å². The van der Waals surface area contributed by atoms with Gasteiger partial charge in [0.2, 0.25) is 0 Å². The van der Waals surface area contributed by atoms with E-state index in [1.807, 2.05) is 0 Å². The van der Waals surface area contributed by atoms with Gasteiger partial charge in [0.15, 0.2) is 0 Å². The van der Waals surface area contributed by atoms with Crippen molar-refractivity contribution >= 4 is 15.9 Å².